The molecule has 2 aliphatic carbocycles. The Morgan fingerprint density at radius 2 is 1.51 bits per heavy atom. The second-order valence-electron chi connectivity index (χ2n) is 17.2. The van der Waals surface area contributed by atoms with Crippen LogP contribution in [0.4, 0.5) is 0 Å². The van der Waals surface area contributed by atoms with Gasteiger partial charge in [-0.1, -0.05) is 12.1 Å². The predicted octanol–water partition coefficient (Wildman–Crippen LogP) is 2.45. The summed E-state index contributed by atoms with van der Waals surface area (Å²) in [4.78, 5) is 68.6. The van der Waals surface area contributed by atoms with Crippen molar-refractivity contribution in [2.75, 3.05) is 21.2 Å². The molecule has 61 heavy (non-hydrogen) atoms. The van der Waals surface area contributed by atoms with Gasteiger partial charge in [-0.3, -0.25) is 24.0 Å². The Hall–Kier alpha value is -4.37. The number of fused-ring (bicyclic) bond motifs is 5. The summed E-state index contributed by atoms with van der Waals surface area (Å²) in [5, 5.41) is 47.0. The van der Waals surface area contributed by atoms with Crippen molar-refractivity contribution in [2.24, 2.45) is 0 Å². The van der Waals surface area contributed by atoms with E-state index < -0.39 is 161 Å². The van der Waals surface area contributed by atoms with Crippen LogP contribution < -0.4 is 0 Å². The number of esters is 1. The highest BCUT2D eigenvalue weighted by molar-refractivity contribution is 6.31. The lowest BCUT2D eigenvalue weighted by atomic mass is 9.66. The largest absolute Gasteiger partial charge is 0.507 e. The minimum absolute atomic E-state index is 0.0699. The van der Waals surface area contributed by atoms with Crippen LogP contribution in [-0.2, 0) is 52.3 Å². The number of benzene rings is 2. The molecule has 2 aromatic rings. The molecule has 18 nitrogen and oxygen atoms in total. The lowest BCUT2D eigenvalue weighted by Gasteiger charge is -2.51. The molecule has 330 valence electrons. The molecule has 14 unspecified atom stereocenters. The summed E-state index contributed by atoms with van der Waals surface area (Å²) in [7, 11) is 4.71. The number of carbonyl (C=O) groups excluding carboxylic acids is 5. The van der Waals surface area contributed by atoms with Gasteiger partial charge in [0.1, 0.15) is 53.4 Å². The number of carbonyl (C=O) groups is 5. The highest BCUT2D eigenvalue weighted by Crippen LogP contribution is 2.57. The number of phenols is 3. The lowest BCUT2D eigenvalue weighted by molar-refractivity contribution is -0.371. The molecule has 18 heteroatoms. The van der Waals surface area contributed by atoms with Crippen LogP contribution in [-0.4, -0.2) is 149 Å². The number of methoxy groups -OCH3 is 1. The molecule has 0 spiro atoms. The van der Waals surface area contributed by atoms with Gasteiger partial charge in [0.2, 0.25) is 5.78 Å². The molecule has 4 heterocycles. The quantitative estimate of drug-likeness (QED) is 0.188. The van der Waals surface area contributed by atoms with Crippen molar-refractivity contribution in [2.45, 2.75) is 145 Å². The molecular weight excluding hydrogens is 802 g/mol. The first kappa shape index (κ1) is 43.3. The number of ether oxygens (including phenoxy) is 8. The van der Waals surface area contributed by atoms with Gasteiger partial charge in [-0.15, -0.1) is 0 Å². The van der Waals surface area contributed by atoms with Gasteiger partial charge >= 0.3 is 5.97 Å². The Morgan fingerprint density at radius 3 is 2.20 bits per heavy atom. The Labute approximate surface area is 350 Å². The summed E-state index contributed by atoms with van der Waals surface area (Å²) >= 11 is 0. The first-order valence-electron chi connectivity index (χ1n) is 20.4. The smallest absolute Gasteiger partial charge is 0.316 e. The van der Waals surface area contributed by atoms with E-state index in [1.165, 1.54) is 25.1 Å². The number of phenolic OH excluding ortho intramolecular Hbond substituents is 3. The van der Waals surface area contributed by atoms with Crippen molar-refractivity contribution >= 4 is 29.1 Å². The molecule has 4 saturated heterocycles. The summed E-state index contributed by atoms with van der Waals surface area (Å²) in [6.45, 7) is 6.50. The third-order valence-corrected chi connectivity index (χ3v) is 12.9. The SMILES string of the molecule is COC(=O)C1c2c(O)c3c(c(O)c2C(OC2CC(N(C)C)C(OC4CC5OC6CC(=O)C(C)OC6OC5C(C)O4)C(C)O2)CC1(O)CC(C)=O)C(=O)c1c(O)cccc1C3=O. The van der Waals surface area contributed by atoms with Gasteiger partial charge < -0.3 is 63.2 Å². The Kier molecular flexibility index (Phi) is 11.4. The van der Waals surface area contributed by atoms with Crippen molar-refractivity contribution in [1.29, 1.82) is 0 Å². The molecule has 4 fully saturated rings. The molecular formula is C43H51NO17. The number of ketones is 4. The van der Waals surface area contributed by atoms with Crippen LogP contribution in [0, 0.1) is 0 Å². The molecule has 4 aliphatic heterocycles. The number of aromatic hydroxyl groups is 3. The zero-order valence-electron chi connectivity index (χ0n) is 34.8. The van der Waals surface area contributed by atoms with Gasteiger partial charge in [0, 0.05) is 54.8 Å². The van der Waals surface area contributed by atoms with Gasteiger partial charge in [-0.25, -0.2) is 0 Å². The van der Waals surface area contributed by atoms with E-state index in [9.17, 15) is 44.4 Å². The topological polar surface area (TPSA) is 243 Å². The maximum atomic E-state index is 14.0. The van der Waals surface area contributed by atoms with Crippen LogP contribution in [0.5, 0.6) is 17.2 Å². The standard InChI is InChI=1S/C43H51NO17/c1-16(45)14-43(53)15-26(30-31(34(43)41(52)54-7)38(51)32-33(37(30)50)36(49)29-20(35(32)48)9-8-10-22(29)46)59-27-11-21(44(5)6)39(18(3)55-27)60-28-13-24-40(19(4)56-28)61-42-25(58-24)12-23(47)17(2)57-42/h8-10,17-19,21,24-28,34,39-40,42,46,50-51,53H,11-15H2,1-7H3. The van der Waals surface area contributed by atoms with E-state index in [0.29, 0.717) is 0 Å². The summed E-state index contributed by atoms with van der Waals surface area (Å²) in [5.41, 5.74) is -4.98. The predicted molar refractivity (Wildman–Crippen MR) is 206 cm³/mol. The normalized spacial score (nSPS) is 36.9. The van der Waals surface area contributed by atoms with E-state index in [4.69, 9.17) is 37.9 Å². The van der Waals surface area contributed by atoms with E-state index in [0.717, 1.165) is 7.11 Å². The van der Waals surface area contributed by atoms with E-state index in [1.54, 1.807) is 13.8 Å². The van der Waals surface area contributed by atoms with Gasteiger partial charge in [-0.2, -0.15) is 0 Å². The highest BCUT2D eigenvalue weighted by atomic mass is 16.8. The van der Waals surface area contributed by atoms with Crippen molar-refractivity contribution in [3.05, 3.63) is 51.6 Å². The van der Waals surface area contributed by atoms with E-state index >= 15 is 0 Å². The Balaban J connectivity index is 1.10. The van der Waals surface area contributed by atoms with Crippen LogP contribution in [0.3, 0.4) is 0 Å². The fraction of sp³-hybridized carbons (Fsp3) is 0.605. The molecule has 0 saturated carbocycles. The first-order valence-corrected chi connectivity index (χ1v) is 20.4. The molecule has 4 N–H and O–H groups in total. The van der Waals surface area contributed by atoms with Crippen LogP contribution >= 0.6 is 0 Å². The van der Waals surface area contributed by atoms with Crippen molar-refractivity contribution < 1.29 is 82.3 Å². The molecule has 0 radical (unpaired) electrons. The average molecular weight is 854 g/mol. The minimum atomic E-state index is -2.29. The zero-order chi connectivity index (χ0) is 44.0. The van der Waals surface area contributed by atoms with Gasteiger partial charge in [0.25, 0.3) is 0 Å². The molecule has 14 atom stereocenters. The van der Waals surface area contributed by atoms with E-state index in [1.807, 2.05) is 25.9 Å². The maximum Gasteiger partial charge on any atom is 0.316 e. The average Bonchev–Trinajstić information content (AvgIpc) is 3.18. The maximum absolute atomic E-state index is 14.0. The fourth-order valence-electron chi connectivity index (χ4n) is 10.1. The molecule has 0 amide bonds. The van der Waals surface area contributed by atoms with Crippen molar-refractivity contribution in [3.63, 3.8) is 0 Å². The Bertz CT molecular complexity index is 2160. The van der Waals surface area contributed by atoms with Crippen LogP contribution in [0.1, 0.15) is 115 Å². The summed E-state index contributed by atoms with van der Waals surface area (Å²) in [6, 6.07) is 3.39. The van der Waals surface area contributed by atoms with Crippen LogP contribution in [0.2, 0.25) is 0 Å². The van der Waals surface area contributed by atoms with E-state index in [-0.39, 0.29) is 36.2 Å². The van der Waals surface area contributed by atoms with Crippen molar-refractivity contribution in [1.82, 2.24) is 4.90 Å². The van der Waals surface area contributed by atoms with Gasteiger partial charge in [0.05, 0.1) is 53.8 Å². The molecule has 6 aliphatic rings. The van der Waals surface area contributed by atoms with Gasteiger partial charge in [0.15, 0.2) is 30.4 Å². The number of likely N-dealkylation sites (N-methyl/N-ethyl adjacent to an activating group) is 1. The monoisotopic (exact) mass is 853 g/mol. The number of nitrogens with zero attached hydrogens (tertiary/aromatic N) is 1. The molecule has 8 rings (SSSR count). The van der Waals surface area contributed by atoms with Crippen molar-refractivity contribution in [3.8, 4) is 17.2 Å². The zero-order valence-corrected chi connectivity index (χ0v) is 34.8. The number of rotatable bonds is 8. The second kappa shape index (κ2) is 16.1. The molecule has 0 aromatic heterocycles. The number of hydrogen-bond acceptors (Lipinski definition) is 18. The van der Waals surface area contributed by atoms with Gasteiger partial charge in [-0.05, 0) is 47.9 Å². The summed E-state index contributed by atoms with van der Waals surface area (Å²) in [5.74, 6) is -7.68. The minimum Gasteiger partial charge on any atom is -0.507 e. The summed E-state index contributed by atoms with van der Waals surface area (Å²) < 4.78 is 49.3. The molecule has 2 aromatic carbocycles. The van der Waals surface area contributed by atoms with Crippen LogP contribution in [0.25, 0.3) is 0 Å². The lowest BCUT2D eigenvalue weighted by Crippen LogP contribution is -2.62. The number of hydrogen-bond donors (Lipinski definition) is 4. The summed E-state index contributed by atoms with van der Waals surface area (Å²) in [6.07, 6.45) is -8.38. The van der Waals surface area contributed by atoms with Crippen LogP contribution in [0.15, 0.2) is 18.2 Å². The number of aliphatic hydroxyl groups is 1. The third-order valence-electron chi connectivity index (χ3n) is 12.9. The molecule has 0 bridgehead atoms. The third kappa shape index (κ3) is 7.34. The Morgan fingerprint density at radius 1 is 0.836 bits per heavy atom. The fourth-order valence-corrected chi connectivity index (χ4v) is 10.1. The van der Waals surface area contributed by atoms with E-state index in [2.05, 4.69) is 0 Å². The second-order valence-corrected chi connectivity index (χ2v) is 17.2. The first-order chi connectivity index (χ1) is 28.8. The highest BCUT2D eigenvalue weighted by Gasteiger charge is 2.57. The number of Topliss-reactive ketones (excluding diaryl/α,β-unsaturated/α-hetero) is 2.